The molecule has 1 rings (SSSR count). The van der Waals surface area contributed by atoms with Crippen LogP contribution in [0.4, 0.5) is 0 Å². The summed E-state index contributed by atoms with van der Waals surface area (Å²) in [6.07, 6.45) is 1.88. The van der Waals surface area contributed by atoms with E-state index in [0.29, 0.717) is 12.0 Å². The first-order chi connectivity index (χ1) is 5.45. The van der Waals surface area contributed by atoms with Gasteiger partial charge in [-0.2, -0.15) is 15.7 Å². The van der Waals surface area contributed by atoms with Crippen molar-refractivity contribution in [3.63, 3.8) is 0 Å². The lowest BCUT2D eigenvalue weighted by atomic mass is 10.5. The summed E-state index contributed by atoms with van der Waals surface area (Å²) in [5, 5.41) is 3.92. The van der Waals surface area contributed by atoms with E-state index in [1.165, 1.54) is 17.0 Å². The van der Waals surface area contributed by atoms with Crippen molar-refractivity contribution in [1.82, 2.24) is 9.78 Å². The van der Waals surface area contributed by atoms with Crippen LogP contribution in [0.1, 0.15) is 10.5 Å². The molecule has 0 amide bonds. The van der Waals surface area contributed by atoms with E-state index in [0.717, 1.165) is 0 Å². The maximum atomic E-state index is 10.4. The smallest absolute Gasteiger partial charge is 0.168 e. The summed E-state index contributed by atoms with van der Waals surface area (Å²) in [5.74, 6) is 0. The monoisotopic (exact) mass is 190 g/mol. The minimum absolute atomic E-state index is 0.145. The van der Waals surface area contributed by atoms with E-state index in [1.807, 2.05) is 0 Å². The first-order valence-corrected chi connectivity index (χ1v) is 5.13. The summed E-state index contributed by atoms with van der Waals surface area (Å²) >= 11 is 0. The highest BCUT2D eigenvalue weighted by atomic mass is 32.3. The lowest BCUT2D eigenvalue weighted by Gasteiger charge is -2.22. The molecule has 0 aliphatic rings. The van der Waals surface area contributed by atoms with Gasteiger partial charge in [0.05, 0.1) is 0 Å². The number of hydrogen-bond acceptors (Lipinski definition) is 4. The molecule has 0 spiro atoms. The molecule has 2 N–H and O–H groups in total. The molecule has 1 heterocycles. The van der Waals surface area contributed by atoms with Crippen molar-refractivity contribution < 1.29 is 13.9 Å². The van der Waals surface area contributed by atoms with Crippen molar-refractivity contribution >= 4 is 16.9 Å². The van der Waals surface area contributed by atoms with Crippen molar-refractivity contribution in [2.45, 2.75) is 5.03 Å². The number of aldehydes is 1. The summed E-state index contributed by atoms with van der Waals surface area (Å²) in [5.41, 5.74) is 0.326. The Kier molecular flexibility index (Phi) is 2.22. The van der Waals surface area contributed by atoms with Gasteiger partial charge in [0, 0.05) is 19.4 Å². The summed E-state index contributed by atoms with van der Waals surface area (Å²) in [6, 6.07) is 1.36. The number of hydrogen-bond donors (Lipinski definition) is 2. The standard InChI is InChI=1S/C6H10N2O3S/c1-8-5(4-9)3-6(7-8)12(2,10)11/h3-4,10-11H,1-2H3. The quantitative estimate of drug-likeness (QED) is 0.681. The third kappa shape index (κ3) is 1.66. The van der Waals surface area contributed by atoms with Gasteiger partial charge < -0.3 is 0 Å². The van der Waals surface area contributed by atoms with Gasteiger partial charge in [0.25, 0.3) is 0 Å². The van der Waals surface area contributed by atoms with Gasteiger partial charge in [-0.1, -0.05) is 0 Å². The Labute approximate surface area is 71.4 Å². The summed E-state index contributed by atoms with van der Waals surface area (Å²) in [7, 11) is -1.24. The second-order valence-electron chi connectivity index (χ2n) is 2.48. The predicted molar refractivity (Wildman–Crippen MR) is 45.6 cm³/mol. The highest BCUT2D eigenvalue weighted by Gasteiger charge is 2.14. The van der Waals surface area contributed by atoms with Gasteiger partial charge in [-0.15, -0.1) is 0 Å². The maximum absolute atomic E-state index is 10.4. The molecule has 0 bridgehead atoms. The Morgan fingerprint density at radius 3 is 2.50 bits per heavy atom. The SMILES string of the molecule is Cn1nc(S(C)(O)O)cc1C=O. The number of rotatable bonds is 2. The lowest BCUT2D eigenvalue weighted by Crippen LogP contribution is -1.98. The summed E-state index contributed by atoms with van der Waals surface area (Å²) in [4.78, 5) is 10.4. The molecular formula is C6H10N2O3S. The third-order valence-electron chi connectivity index (χ3n) is 1.41. The van der Waals surface area contributed by atoms with Gasteiger partial charge in [0.15, 0.2) is 11.3 Å². The van der Waals surface area contributed by atoms with Crippen LogP contribution < -0.4 is 0 Å². The number of carbonyl (C=O) groups is 1. The molecule has 0 aromatic carbocycles. The summed E-state index contributed by atoms with van der Waals surface area (Å²) in [6.45, 7) is 0. The number of aryl methyl sites for hydroxylation is 1. The van der Waals surface area contributed by atoms with Crippen LogP contribution in [0.3, 0.4) is 0 Å². The first-order valence-electron chi connectivity index (χ1n) is 3.17. The van der Waals surface area contributed by atoms with Gasteiger partial charge in [-0.25, -0.2) is 0 Å². The number of carbonyl (C=O) groups excluding carboxylic acids is 1. The molecule has 0 fully saturated rings. The molecule has 12 heavy (non-hydrogen) atoms. The van der Waals surface area contributed by atoms with Crippen LogP contribution in [-0.4, -0.2) is 31.4 Å². The second-order valence-corrected chi connectivity index (χ2v) is 4.57. The fourth-order valence-electron chi connectivity index (χ4n) is 0.754. The Bertz CT molecular complexity index is 302. The van der Waals surface area contributed by atoms with Crippen molar-refractivity contribution in [1.29, 1.82) is 0 Å². The molecule has 0 aliphatic heterocycles. The van der Waals surface area contributed by atoms with Crippen LogP contribution in [-0.2, 0) is 7.05 Å². The molecule has 0 unspecified atom stereocenters. The highest BCUT2D eigenvalue weighted by Crippen LogP contribution is 2.42. The van der Waals surface area contributed by atoms with E-state index in [9.17, 15) is 4.79 Å². The molecule has 1 aromatic rings. The summed E-state index contributed by atoms with van der Waals surface area (Å²) < 4.78 is 19.6. The Morgan fingerprint density at radius 1 is 1.67 bits per heavy atom. The zero-order chi connectivity index (χ0) is 9.35. The van der Waals surface area contributed by atoms with E-state index in [2.05, 4.69) is 5.10 Å². The fraction of sp³-hybridized carbons (Fsp3) is 0.333. The lowest BCUT2D eigenvalue weighted by molar-refractivity contribution is 0.111. The average molecular weight is 190 g/mol. The highest BCUT2D eigenvalue weighted by molar-refractivity contribution is 8.23. The van der Waals surface area contributed by atoms with Gasteiger partial charge in [0.1, 0.15) is 5.69 Å². The van der Waals surface area contributed by atoms with Crippen LogP contribution in [0.25, 0.3) is 0 Å². The number of nitrogens with zero attached hydrogens (tertiary/aromatic N) is 2. The van der Waals surface area contributed by atoms with E-state index in [1.54, 1.807) is 7.05 Å². The largest absolute Gasteiger partial charge is 0.296 e. The normalized spacial score (nSPS) is 13.0. The van der Waals surface area contributed by atoms with Crippen LogP contribution in [0.2, 0.25) is 0 Å². The Balaban J connectivity index is 3.13. The maximum Gasteiger partial charge on any atom is 0.168 e. The molecular weight excluding hydrogens is 180 g/mol. The van der Waals surface area contributed by atoms with E-state index in [-0.39, 0.29) is 5.03 Å². The molecule has 0 saturated heterocycles. The van der Waals surface area contributed by atoms with Crippen molar-refractivity contribution in [3.05, 3.63) is 11.8 Å². The van der Waals surface area contributed by atoms with Crippen LogP contribution in [0.5, 0.6) is 0 Å². The van der Waals surface area contributed by atoms with E-state index < -0.39 is 10.6 Å². The Hall–Kier alpha value is -0.850. The topological polar surface area (TPSA) is 75.3 Å². The van der Waals surface area contributed by atoms with Gasteiger partial charge in [-0.3, -0.25) is 18.6 Å². The van der Waals surface area contributed by atoms with Crippen molar-refractivity contribution in [2.75, 3.05) is 6.26 Å². The molecule has 0 aliphatic carbocycles. The van der Waals surface area contributed by atoms with E-state index >= 15 is 0 Å². The molecule has 0 radical (unpaired) electrons. The van der Waals surface area contributed by atoms with Crippen molar-refractivity contribution in [3.8, 4) is 0 Å². The first kappa shape index (κ1) is 9.24. The average Bonchev–Trinajstić information content (AvgIpc) is 2.29. The minimum Gasteiger partial charge on any atom is -0.296 e. The van der Waals surface area contributed by atoms with Gasteiger partial charge in [-0.05, 0) is 0 Å². The molecule has 6 heteroatoms. The third-order valence-corrected chi connectivity index (χ3v) is 2.40. The van der Waals surface area contributed by atoms with Crippen molar-refractivity contribution in [2.24, 2.45) is 7.05 Å². The number of aromatic nitrogens is 2. The molecule has 5 nitrogen and oxygen atoms in total. The fourth-order valence-corrected chi connectivity index (χ4v) is 1.37. The Morgan fingerprint density at radius 2 is 2.25 bits per heavy atom. The molecule has 0 atom stereocenters. The zero-order valence-corrected chi connectivity index (χ0v) is 7.58. The van der Waals surface area contributed by atoms with Crippen LogP contribution in [0.15, 0.2) is 11.1 Å². The molecule has 68 valence electrons. The van der Waals surface area contributed by atoms with Crippen LogP contribution >= 0.6 is 10.6 Å². The predicted octanol–water partition coefficient (Wildman–Crippen LogP) is 0.972. The zero-order valence-electron chi connectivity index (χ0n) is 6.76. The second kappa shape index (κ2) is 2.89. The molecule has 1 aromatic heterocycles. The van der Waals surface area contributed by atoms with E-state index in [4.69, 9.17) is 9.11 Å². The van der Waals surface area contributed by atoms with Crippen LogP contribution in [0, 0.1) is 0 Å². The van der Waals surface area contributed by atoms with Gasteiger partial charge >= 0.3 is 0 Å². The van der Waals surface area contributed by atoms with Gasteiger partial charge in [0.2, 0.25) is 0 Å². The molecule has 0 saturated carbocycles. The minimum atomic E-state index is -2.81.